The van der Waals surface area contributed by atoms with Crippen LogP contribution in [0.5, 0.6) is 11.5 Å². The Hall–Kier alpha value is -1.56. The first-order chi connectivity index (χ1) is 10.1. The molecule has 0 aliphatic carbocycles. The van der Waals surface area contributed by atoms with Crippen LogP contribution in [0.3, 0.4) is 0 Å². The fourth-order valence-corrected chi connectivity index (χ4v) is 1.96. The third-order valence-corrected chi connectivity index (χ3v) is 3.03. The summed E-state index contributed by atoms with van der Waals surface area (Å²) < 4.78 is 16.0. The SMILES string of the molecule is C=C(C)COCCNC(CN)c1ccc(OC)c(OC)c1. The maximum absolute atomic E-state index is 5.84. The maximum atomic E-state index is 5.84. The second-order valence-electron chi connectivity index (χ2n) is 4.87. The third kappa shape index (κ3) is 5.75. The molecule has 0 bridgehead atoms. The van der Waals surface area contributed by atoms with Crippen LogP contribution in [-0.4, -0.2) is 40.5 Å². The van der Waals surface area contributed by atoms with Gasteiger partial charge in [-0.25, -0.2) is 0 Å². The molecule has 0 aromatic heterocycles. The zero-order chi connectivity index (χ0) is 15.7. The highest BCUT2D eigenvalue weighted by Crippen LogP contribution is 2.29. The molecular formula is C16H26N2O3. The average molecular weight is 294 g/mol. The van der Waals surface area contributed by atoms with E-state index in [2.05, 4.69) is 11.9 Å². The first-order valence-corrected chi connectivity index (χ1v) is 6.99. The molecule has 0 amide bonds. The van der Waals surface area contributed by atoms with E-state index in [1.807, 2.05) is 25.1 Å². The van der Waals surface area contributed by atoms with Gasteiger partial charge in [0.25, 0.3) is 0 Å². The van der Waals surface area contributed by atoms with Gasteiger partial charge < -0.3 is 25.3 Å². The van der Waals surface area contributed by atoms with Gasteiger partial charge >= 0.3 is 0 Å². The van der Waals surface area contributed by atoms with Crippen LogP contribution in [0.15, 0.2) is 30.4 Å². The molecule has 0 spiro atoms. The lowest BCUT2D eigenvalue weighted by Crippen LogP contribution is -2.31. The highest BCUT2D eigenvalue weighted by Gasteiger charge is 2.12. The monoisotopic (exact) mass is 294 g/mol. The zero-order valence-corrected chi connectivity index (χ0v) is 13.1. The second-order valence-corrected chi connectivity index (χ2v) is 4.87. The van der Waals surface area contributed by atoms with Crippen molar-refractivity contribution in [3.8, 4) is 11.5 Å². The largest absolute Gasteiger partial charge is 0.493 e. The van der Waals surface area contributed by atoms with Crippen LogP contribution in [0.25, 0.3) is 0 Å². The molecule has 0 radical (unpaired) electrons. The van der Waals surface area contributed by atoms with E-state index in [-0.39, 0.29) is 6.04 Å². The van der Waals surface area contributed by atoms with Crippen molar-refractivity contribution in [2.24, 2.45) is 5.73 Å². The minimum atomic E-state index is 0.0539. The van der Waals surface area contributed by atoms with Gasteiger partial charge in [0, 0.05) is 19.1 Å². The normalized spacial score (nSPS) is 12.0. The molecular weight excluding hydrogens is 268 g/mol. The number of nitrogens with one attached hydrogen (secondary N) is 1. The summed E-state index contributed by atoms with van der Waals surface area (Å²) in [6, 6.07) is 5.87. The fraction of sp³-hybridized carbons (Fsp3) is 0.500. The summed E-state index contributed by atoms with van der Waals surface area (Å²) in [6.45, 7) is 8.17. The van der Waals surface area contributed by atoms with Gasteiger partial charge in [-0.3, -0.25) is 0 Å². The molecule has 21 heavy (non-hydrogen) atoms. The van der Waals surface area contributed by atoms with Crippen LogP contribution in [0.2, 0.25) is 0 Å². The topological polar surface area (TPSA) is 65.7 Å². The Labute approximate surface area is 127 Å². The van der Waals surface area contributed by atoms with Crippen LogP contribution in [0.1, 0.15) is 18.5 Å². The molecule has 0 saturated heterocycles. The molecule has 1 unspecified atom stereocenters. The summed E-state index contributed by atoms with van der Waals surface area (Å²) in [4.78, 5) is 0. The minimum absolute atomic E-state index is 0.0539. The Morgan fingerprint density at radius 2 is 2.00 bits per heavy atom. The van der Waals surface area contributed by atoms with E-state index in [0.29, 0.717) is 31.3 Å². The summed E-state index contributed by atoms with van der Waals surface area (Å²) >= 11 is 0. The van der Waals surface area contributed by atoms with Gasteiger partial charge in [0.15, 0.2) is 11.5 Å². The van der Waals surface area contributed by atoms with Crippen molar-refractivity contribution in [3.63, 3.8) is 0 Å². The lowest BCUT2D eigenvalue weighted by Gasteiger charge is -2.19. The van der Waals surface area contributed by atoms with Gasteiger partial charge in [-0.1, -0.05) is 18.2 Å². The molecule has 5 heteroatoms. The molecule has 5 nitrogen and oxygen atoms in total. The molecule has 3 N–H and O–H groups in total. The van der Waals surface area contributed by atoms with Gasteiger partial charge in [-0.05, 0) is 24.6 Å². The molecule has 1 aromatic carbocycles. The van der Waals surface area contributed by atoms with E-state index in [1.165, 1.54) is 0 Å². The van der Waals surface area contributed by atoms with Crippen molar-refractivity contribution in [2.45, 2.75) is 13.0 Å². The average Bonchev–Trinajstić information content (AvgIpc) is 2.50. The van der Waals surface area contributed by atoms with Gasteiger partial charge in [0.1, 0.15) is 0 Å². The number of hydrogen-bond acceptors (Lipinski definition) is 5. The van der Waals surface area contributed by atoms with Crippen molar-refractivity contribution < 1.29 is 14.2 Å². The summed E-state index contributed by atoms with van der Waals surface area (Å²) in [6.07, 6.45) is 0. The highest BCUT2D eigenvalue weighted by atomic mass is 16.5. The van der Waals surface area contributed by atoms with E-state index in [9.17, 15) is 0 Å². The van der Waals surface area contributed by atoms with E-state index in [4.69, 9.17) is 19.9 Å². The van der Waals surface area contributed by atoms with E-state index in [0.717, 1.165) is 17.7 Å². The minimum Gasteiger partial charge on any atom is -0.493 e. The summed E-state index contributed by atoms with van der Waals surface area (Å²) in [5, 5.41) is 3.37. The number of hydrogen-bond donors (Lipinski definition) is 2. The number of benzene rings is 1. The molecule has 0 aliphatic rings. The van der Waals surface area contributed by atoms with Gasteiger partial charge in [-0.15, -0.1) is 0 Å². The smallest absolute Gasteiger partial charge is 0.161 e. The zero-order valence-electron chi connectivity index (χ0n) is 13.1. The van der Waals surface area contributed by atoms with Crippen molar-refractivity contribution in [3.05, 3.63) is 35.9 Å². The van der Waals surface area contributed by atoms with Crippen LogP contribution < -0.4 is 20.5 Å². The number of nitrogens with two attached hydrogens (primary N) is 1. The molecule has 0 aliphatic heterocycles. The molecule has 1 atom stereocenters. The molecule has 118 valence electrons. The first kappa shape index (κ1) is 17.5. The van der Waals surface area contributed by atoms with Crippen LogP contribution >= 0.6 is 0 Å². The third-order valence-electron chi connectivity index (χ3n) is 3.03. The molecule has 1 rings (SSSR count). The number of rotatable bonds is 10. The maximum Gasteiger partial charge on any atom is 0.161 e. The van der Waals surface area contributed by atoms with E-state index >= 15 is 0 Å². The summed E-state index contributed by atoms with van der Waals surface area (Å²) in [5.74, 6) is 1.41. The van der Waals surface area contributed by atoms with Crippen molar-refractivity contribution in [1.82, 2.24) is 5.32 Å². The van der Waals surface area contributed by atoms with Gasteiger partial charge in [-0.2, -0.15) is 0 Å². The first-order valence-electron chi connectivity index (χ1n) is 6.99. The number of methoxy groups -OCH3 is 2. The molecule has 0 heterocycles. The molecule has 1 aromatic rings. The van der Waals surface area contributed by atoms with Crippen LogP contribution in [-0.2, 0) is 4.74 Å². The summed E-state index contributed by atoms with van der Waals surface area (Å²) in [5.41, 5.74) is 7.92. The quantitative estimate of drug-likeness (QED) is 0.509. The Bertz CT molecular complexity index is 449. The second kappa shape index (κ2) is 9.39. The highest BCUT2D eigenvalue weighted by molar-refractivity contribution is 5.43. The predicted molar refractivity (Wildman–Crippen MR) is 85.0 cm³/mol. The standard InChI is InChI=1S/C16H26N2O3/c1-12(2)11-21-8-7-18-14(10-17)13-5-6-15(19-3)16(9-13)20-4/h5-6,9,14,18H,1,7-8,10-11,17H2,2-4H3. The Kier molecular flexibility index (Phi) is 7.82. The number of ether oxygens (including phenoxy) is 3. The van der Waals surface area contributed by atoms with Gasteiger partial charge in [0.2, 0.25) is 0 Å². The van der Waals surface area contributed by atoms with Crippen LogP contribution in [0.4, 0.5) is 0 Å². The van der Waals surface area contributed by atoms with Crippen LogP contribution in [0, 0.1) is 0 Å². The summed E-state index contributed by atoms with van der Waals surface area (Å²) in [7, 11) is 3.24. The predicted octanol–water partition coefficient (Wildman–Crippen LogP) is 1.89. The molecule has 0 fully saturated rings. The van der Waals surface area contributed by atoms with E-state index in [1.54, 1.807) is 14.2 Å². The Morgan fingerprint density at radius 1 is 1.29 bits per heavy atom. The fourth-order valence-electron chi connectivity index (χ4n) is 1.96. The van der Waals surface area contributed by atoms with Crippen molar-refractivity contribution >= 4 is 0 Å². The lowest BCUT2D eigenvalue weighted by molar-refractivity contribution is 0.155. The van der Waals surface area contributed by atoms with Crippen molar-refractivity contribution in [2.75, 3.05) is 40.5 Å². The molecule has 0 saturated carbocycles. The Morgan fingerprint density at radius 3 is 2.57 bits per heavy atom. The van der Waals surface area contributed by atoms with E-state index < -0.39 is 0 Å². The lowest BCUT2D eigenvalue weighted by atomic mass is 10.1. The Balaban J connectivity index is 2.57. The van der Waals surface area contributed by atoms with Crippen molar-refractivity contribution in [1.29, 1.82) is 0 Å². The van der Waals surface area contributed by atoms with Gasteiger partial charge in [0.05, 0.1) is 27.4 Å².